The van der Waals surface area contributed by atoms with Crippen molar-refractivity contribution in [2.75, 3.05) is 13.7 Å². The van der Waals surface area contributed by atoms with Gasteiger partial charge in [0.2, 0.25) is 0 Å². The lowest BCUT2D eigenvalue weighted by Gasteiger charge is -2.13. The number of rotatable bonds is 5. The van der Waals surface area contributed by atoms with Crippen LogP contribution in [-0.4, -0.2) is 24.7 Å². The summed E-state index contributed by atoms with van der Waals surface area (Å²) in [6.45, 7) is 4.47. The lowest BCUT2D eigenvalue weighted by atomic mass is 10.0. The summed E-state index contributed by atoms with van der Waals surface area (Å²) in [5.74, 6) is -0.0271. The number of hydrogen-bond acceptors (Lipinski definition) is 3. The summed E-state index contributed by atoms with van der Waals surface area (Å²) >= 11 is 0. The predicted molar refractivity (Wildman–Crippen MR) is 61.8 cm³/mol. The molecule has 0 fully saturated rings. The fourth-order valence-corrected chi connectivity index (χ4v) is 1.57. The van der Waals surface area contributed by atoms with Crippen LogP contribution in [0.1, 0.15) is 16.7 Å². The molecular weight excluding hydrogens is 206 g/mol. The van der Waals surface area contributed by atoms with Crippen LogP contribution in [0.15, 0.2) is 12.1 Å². The van der Waals surface area contributed by atoms with E-state index in [1.165, 1.54) is 5.56 Å². The van der Waals surface area contributed by atoms with Gasteiger partial charge in [0.1, 0.15) is 5.75 Å². The maximum atomic E-state index is 10.4. The fraction of sp³-hybridized carbons (Fsp3) is 0.417. The molecule has 0 saturated carbocycles. The van der Waals surface area contributed by atoms with E-state index in [0.717, 1.165) is 16.9 Å². The van der Waals surface area contributed by atoms with Crippen LogP contribution in [0, 0.1) is 13.8 Å². The Balaban J connectivity index is 2.79. The van der Waals surface area contributed by atoms with Crippen LogP contribution in [0.3, 0.4) is 0 Å². The molecule has 88 valence electrons. The molecule has 0 amide bonds. The molecule has 0 aliphatic carbocycles. The van der Waals surface area contributed by atoms with Crippen LogP contribution in [0.5, 0.6) is 5.75 Å². The second-order valence-corrected chi connectivity index (χ2v) is 3.70. The summed E-state index contributed by atoms with van der Waals surface area (Å²) in [5.41, 5.74) is 3.24. The van der Waals surface area contributed by atoms with Crippen LogP contribution in [0.2, 0.25) is 0 Å². The van der Waals surface area contributed by atoms with Crippen LogP contribution in [0.25, 0.3) is 0 Å². The van der Waals surface area contributed by atoms with E-state index < -0.39 is 5.97 Å². The topological polar surface area (TPSA) is 58.6 Å². The van der Waals surface area contributed by atoms with Gasteiger partial charge in [-0.15, -0.1) is 0 Å². The molecular formula is C12H17NO3. The summed E-state index contributed by atoms with van der Waals surface area (Å²) in [4.78, 5) is 10.4. The zero-order valence-corrected chi connectivity index (χ0v) is 9.83. The summed E-state index contributed by atoms with van der Waals surface area (Å²) < 4.78 is 5.33. The first-order valence-electron chi connectivity index (χ1n) is 5.12. The first kappa shape index (κ1) is 12.5. The first-order chi connectivity index (χ1) is 7.56. The zero-order valence-electron chi connectivity index (χ0n) is 9.83. The number of hydrogen-bond donors (Lipinski definition) is 2. The molecule has 2 N–H and O–H groups in total. The number of carbonyl (C=O) groups is 1. The minimum absolute atomic E-state index is 0.0456. The second-order valence-electron chi connectivity index (χ2n) is 3.70. The third-order valence-electron chi connectivity index (χ3n) is 2.55. The molecule has 0 spiro atoms. The minimum Gasteiger partial charge on any atom is -0.496 e. The highest BCUT2D eigenvalue weighted by atomic mass is 16.5. The number of carboxylic acids is 1. The Morgan fingerprint density at radius 3 is 2.69 bits per heavy atom. The van der Waals surface area contributed by atoms with Crippen molar-refractivity contribution in [1.29, 1.82) is 0 Å². The van der Waals surface area contributed by atoms with Crippen molar-refractivity contribution in [2.24, 2.45) is 0 Å². The molecule has 1 aromatic carbocycles. The highest BCUT2D eigenvalue weighted by molar-refractivity contribution is 5.69. The molecule has 0 atom stereocenters. The molecule has 0 bridgehead atoms. The number of ether oxygens (including phenoxy) is 1. The third kappa shape index (κ3) is 2.97. The lowest BCUT2D eigenvalue weighted by molar-refractivity contribution is -0.135. The van der Waals surface area contributed by atoms with Crippen molar-refractivity contribution in [3.8, 4) is 5.75 Å². The number of benzene rings is 1. The van der Waals surface area contributed by atoms with Gasteiger partial charge in [-0.1, -0.05) is 12.1 Å². The van der Waals surface area contributed by atoms with Gasteiger partial charge in [-0.25, -0.2) is 0 Å². The van der Waals surface area contributed by atoms with E-state index in [0.29, 0.717) is 6.54 Å². The van der Waals surface area contributed by atoms with Gasteiger partial charge in [0.25, 0.3) is 0 Å². The molecule has 0 saturated heterocycles. The maximum Gasteiger partial charge on any atom is 0.317 e. The SMILES string of the molecule is COc1c(CNCC(=O)O)ccc(C)c1C. The monoisotopic (exact) mass is 223 g/mol. The number of aryl methyl sites for hydroxylation is 1. The van der Waals surface area contributed by atoms with E-state index >= 15 is 0 Å². The Hall–Kier alpha value is -1.55. The average Bonchev–Trinajstić information content (AvgIpc) is 2.23. The van der Waals surface area contributed by atoms with Gasteiger partial charge < -0.3 is 15.2 Å². The van der Waals surface area contributed by atoms with Gasteiger partial charge in [-0.3, -0.25) is 4.79 Å². The largest absolute Gasteiger partial charge is 0.496 e. The Kier molecular flexibility index (Phi) is 4.31. The quantitative estimate of drug-likeness (QED) is 0.794. The normalized spacial score (nSPS) is 10.2. The lowest BCUT2D eigenvalue weighted by Crippen LogP contribution is -2.22. The van der Waals surface area contributed by atoms with E-state index in [1.807, 2.05) is 26.0 Å². The molecule has 16 heavy (non-hydrogen) atoms. The van der Waals surface area contributed by atoms with Crippen molar-refractivity contribution in [2.45, 2.75) is 20.4 Å². The number of methoxy groups -OCH3 is 1. The van der Waals surface area contributed by atoms with Crippen molar-refractivity contribution < 1.29 is 14.6 Å². The van der Waals surface area contributed by atoms with Gasteiger partial charge >= 0.3 is 5.97 Å². The zero-order chi connectivity index (χ0) is 12.1. The summed E-state index contributed by atoms with van der Waals surface area (Å²) in [7, 11) is 1.63. The van der Waals surface area contributed by atoms with Crippen LogP contribution in [-0.2, 0) is 11.3 Å². The highest BCUT2D eigenvalue weighted by Crippen LogP contribution is 2.25. The van der Waals surface area contributed by atoms with E-state index in [4.69, 9.17) is 9.84 Å². The van der Waals surface area contributed by atoms with E-state index in [9.17, 15) is 4.79 Å². The molecule has 1 aromatic rings. The molecule has 0 unspecified atom stereocenters. The molecule has 0 radical (unpaired) electrons. The average molecular weight is 223 g/mol. The van der Waals surface area contributed by atoms with E-state index in [1.54, 1.807) is 7.11 Å². The first-order valence-corrected chi connectivity index (χ1v) is 5.12. The predicted octanol–water partition coefficient (Wildman–Crippen LogP) is 1.49. The van der Waals surface area contributed by atoms with Gasteiger partial charge in [-0.05, 0) is 25.0 Å². The van der Waals surface area contributed by atoms with Crippen molar-refractivity contribution >= 4 is 5.97 Å². The highest BCUT2D eigenvalue weighted by Gasteiger charge is 2.08. The number of carboxylic acid groups (broad SMARTS) is 1. The van der Waals surface area contributed by atoms with Crippen molar-refractivity contribution in [3.05, 3.63) is 28.8 Å². The van der Waals surface area contributed by atoms with Gasteiger partial charge in [0.15, 0.2) is 0 Å². The van der Waals surface area contributed by atoms with Crippen molar-refractivity contribution in [3.63, 3.8) is 0 Å². The Morgan fingerprint density at radius 2 is 2.12 bits per heavy atom. The second kappa shape index (κ2) is 5.51. The fourth-order valence-electron chi connectivity index (χ4n) is 1.57. The minimum atomic E-state index is -0.859. The van der Waals surface area contributed by atoms with Gasteiger partial charge in [0.05, 0.1) is 13.7 Å². The molecule has 4 heteroatoms. The van der Waals surface area contributed by atoms with Crippen LogP contribution < -0.4 is 10.1 Å². The Bertz CT molecular complexity index is 388. The summed E-state index contributed by atoms with van der Waals surface area (Å²) in [6.07, 6.45) is 0. The van der Waals surface area contributed by atoms with Gasteiger partial charge in [0, 0.05) is 12.1 Å². The molecule has 4 nitrogen and oxygen atoms in total. The molecule has 1 rings (SSSR count). The van der Waals surface area contributed by atoms with E-state index in [-0.39, 0.29) is 6.54 Å². The smallest absolute Gasteiger partial charge is 0.317 e. The third-order valence-corrected chi connectivity index (χ3v) is 2.55. The molecule has 0 heterocycles. The molecule has 0 aromatic heterocycles. The van der Waals surface area contributed by atoms with E-state index in [2.05, 4.69) is 5.32 Å². The molecule has 0 aliphatic rings. The number of nitrogens with one attached hydrogen (secondary N) is 1. The molecule has 0 aliphatic heterocycles. The number of aliphatic carboxylic acids is 1. The van der Waals surface area contributed by atoms with Gasteiger partial charge in [-0.2, -0.15) is 0 Å². The standard InChI is InChI=1S/C12H17NO3/c1-8-4-5-10(6-13-7-11(14)15)12(16-3)9(8)2/h4-5,13H,6-7H2,1-3H3,(H,14,15). The Morgan fingerprint density at radius 1 is 1.44 bits per heavy atom. The summed E-state index contributed by atoms with van der Waals surface area (Å²) in [5, 5.41) is 11.4. The Labute approximate surface area is 95.2 Å². The summed E-state index contributed by atoms with van der Waals surface area (Å²) in [6, 6.07) is 3.96. The van der Waals surface area contributed by atoms with Crippen LogP contribution >= 0.6 is 0 Å². The maximum absolute atomic E-state index is 10.4. The van der Waals surface area contributed by atoms with Crippen LogP contribution in [0.4, 0.5) is 0 Å². The van der Waals surface area contributed by atoms with Crippen molar-refractivity contribution in [1.82, 2.24) is 5.32 Å².